The van der Waals surface area contributed by atoms with Crippen molar-refractivity contribution >= 4 is 17.4 Å². The number of para-hydroxylation sites is 1. The summed E-state index contributed by atoms with van der Waals surface area (Å²) in [6, 6.07) is 19.6. The lowest BCUT2D eigenvalue weighted by molar-refractivity contribution is -0.115. The Balaban J connectivity index is 1.64. The molecule has 3 rings (SSSR count). The van der Waals surface area contributed by atoms with Gasteiger partial charge in [0.1, 0.15) is 5.76 Å². The minimum atomic E-state index is -0.222. The van der Waals surface area contributed by atoms with Gasteiger partial charge in [-0.1, -0.05) is 42.5 Å². The van der Waals surface area contributed by atoms with E-state index in [0.29, 0.717) is 23.4 Å². The minimum Gasteiger partial charge on any atom is -0.468 e. The molecule has 0 unspecified atom stereocenters. The van der Waals surface area contributed by atoms with Crippen molar-refractivity contribution in [1.29, 1.82) is 0 Å². The molecule has 0 bridgehead atoms. The first kappa shape index (κ1) is 16.7. The minimum absolute atomic E-state index is 0.120. The van der Waals surface area contributed by atoms with Crippen molar-refractivity contribution in [2.75, 3.05) is 11.9 Å². The van der Waals surface area contributed by atoms with E-state index in [1.54, 1.807) is 48.7 Å². The van der Waals surface area contributed by atoms with Gasteiger partial charge in [-0.25, -0.2) is 0 Å². The zero-order valence-corrected chi connectivity index (χ0v) is 13.6. The summed E-state index contributed by atoms with van der Waals surface area (Å²) >= 11 is 0. The number of nitrogens with one attached hydrogen (secondary N) is 2. The first-order chi connectivity index (χ1) is 12.2. The van der Waals surface area contributed by atoms with E-state index in [1.165, 1.54) is 0 Å². The topological polar surface area (TPSA) is 71.3 Å². The van der Waals surface area contributed by atoms with Crippen molar-refractivity contribution in [1.82, 2.24) is 5.32 Å². The summed E-state index contributed by atoms with van der Waals surface area (Å²) in [4.78, 5) is 24.8. The van der Waals surface area contributed by atoms with Crippen LogP contribution in [-0.2, 0) is 11.3 Å². The lowest BCUT2D eigenvalue weighted by Crippen LogP contribution is -2.28. The molecule has 0 aliphatic heterocycles. The highest BCUT2D eigenvalue weighted by molar-refractivity contribution is 6.13. The van der Waals surface area contributed by atoms with Crippen LogP contribution in [-0.4, -0.2) is 18.2 Å². The molecule has 0 saturated heterocycles. The first-order valence-electron chi connectivity index (χ1n) is 7.96. The summed E-state index contributed by atoms with van der Waals surface area (Å²) in [6.07, 6.45) is 1.59. The van der Waals surface area contributed by atoms with E-state index in [9.17, 15) is 9.59 Å². The number of rotatable bonds is 7. The molecule has 1 aromatic heterocycles. The average molecular weight is 334 g/mol. The monoisotopic (exact) mass is 334 g/mol. The fourth-order valence-corrected chi connectivity index (χ4v) is 2.44. The van der Waals surface area contributed by atoms with Gasteiger partial charge in [-0.3, -0.25) is 9.59 Å². The number of hydrogen-bond donors (Lipinski definition) is 2. The molecule has 5 heteroatoms. The Morgan fingerprint density at radius 3 is 2.40 bits per heavy atom. The summed E-state index contributed by atoms with van der Waals surface area (Å²) in [5.74, 6) is 0.410. The molecule has 3 aromatic rings. The Morgan fingerprint density at radius 2 is 1.64 bits per heavy atom. The van der Waals surface area contributed by atoms with Gasteiger partial charge in [-0.2, -0.15) is 0 Å². The van der Waals surface area contributed by atoms with Crippen molar-refractivity contribution in [2.24, 2.45) is 0 Å². The molecule has 0 fully saturated rings. The lowest BCUT2D eigenvalue weighted by Gasteiger charge is -2.11. The van der Waals surface area contributed by atoms with Crippen molar-refractivity contribution in [3.05, 3.63) is 89.9 Å². The van der Waals surface area contributed by atoms with Crippen LogP contribution >= 0.6 is 0 Å². The van der Waals surface area contributed by atoms with E-state index >= 15 is 0 Å². The average Bonchev–Trinajstić information content (AvgIpc) is 3.16. The molecule has 1 heterocycles. The van der Waals surface area contributed by atoms with E-state index in [-0.39, 0.29) is 18.2 Å². The van der Waals surface area contributed by atoms with Crippen LogP contribution in [0, 0.1) is 0 Å². The van der Waals surface area contributed by atoms with Crippen LogP contribution in [0.25, 0.3) is 0 Å². The second kappa shape index (κ2) is 8.08. The molecule has 0 aliphatic carbocycles. The molecule has 0 saturated carbocycles. The summed E-state index contributed by atoms with van der Waals surface area (Å²) in [5.41, 5.74) is 1.55. The highest BCUT2D eigenvalue weighted by Gasteiger charge is 2.14. The lowest BCUT2D eigenvalue weighted by atomic mass is 10.0. The Bertz CT molecular complexity index is 842. The number of furan rings is 1. The van der Waals surface area contributed by atoms with E-state index in [0.717, 1.165) is 5.76 Å². The van der Waals surface area contributed by atoms with Crippen LogP contribution in [0.4, 0.5) is 5.69 Å². The predicted octanol–water partition coefficient (Wildman–Crippen LogP) is 3.24. The van der Waals surface area contributed by atoms with Crippen molar-refractivity contribution in [2.45, 2.75) is 6.54 Å². The van der Waals surface area contributed by atoms with Gasteiger partial charge in [-0.15, -0.1) is 0 Å². The van der Waals surface area contributed by atoms with Crippen LogP contribution in [0.2, 0.25) is 0 Å². The van der Waals surface area contributed by atoms with Gasteiger partial charge < -0.3 is 15.1 Å². The second-order valence-electron chi connectivity index (χ2n) is 5.47. The zero-order chi connectivity index (χ0) is 17.5. The molecular formula is C20H18N2O3. The molecule has 0 aliphatic rings. The molecule has 0 spiro atoms. The number of anilines is 1. The number of hydrogen-bond acceptors (Lipinski definition) is 4. The second-order valence-corrected chi connectivity index (χ2v) is 5.47. The van der Waals surface area contributed by atoms with E-state index < -0.39 is 0 Å². The molecular weight excluding hydrogens is 316 g/mol. The largest absolute Gasteiger partial charge is 0.468 e. The Hall–Kier alpha value is -3.18. The highest BCUT2D eigenvalue weighted by Crippen LogP contribution is 2.19. The van der Waals surface area contributed by atoms with Gasteiger partial charge >= 0.3 is 0 Å². The molecule has 2 N–H and O–H groups in total. The molecule has 1 amide bonds. The van der Waals surface area contributed by atoms with Crippen LogP contribution in [0.3, 0.4) is 0 Å². The maximum Gasteiger partial charge on any atom is 0.238 e. The van der Waals surface area contributed by atoms with Crippen LogP contribution in [0.5, 0.6) is 0 Å². The van der Waals surface area contributed by atoms with Crippen molar-refractivity contribution in [3.8, 4) is 0 Å². The van der Waals surface area contributed by atoms with Crippen molar-refractivity contribution in [3.63, 3.8) is 0 Å². The van der Waals surface area contributed by atoms with Gasteiger partial charge in [-0.05, 0) is 24.3 Å². The number of amides is 1. The van der Waals surface area contributed by atoms with E-state index in [4.69, 9.17) is 4.42 Å². The predicted molar refractivity (Wildman–Crippen MR) is 95.4 cm³/mol. The van der Waals surface area contributed by atoms with Crippen LogP contribution < -0.4 is 10.6 Å². The molecule has 2 aromatic carbocycles. The third-order valence-electron chi connectivity index (χ3n) is 3.65. The number of benzene rings is 2. The van der Waals surface area contributed by atoms with Gasteiger partial charge in [0.15, 0.2) is 5.78 Å². The number of carbonyl (C=O) groups is 2. The third-order valence-corrected chi connectivity index (χ3v) is 3.65. The SMILES string of the molecule is O=C(CNCc1ccco1)Nc1ccccc1C(=O)c1ccccc1. The Morgan fingerprint density at radius 1 is 0.880 bits per heavy atom. The van der Waals surface area contributed by atoms with Gasteiger partial charge in [0.2, 0.25) is 5.91 Å². The summed E-state index contributed by atoms with van der Waals surface area (Å²) in [7, 11) is 0. The molecule has 0 atom stereocenters. The smallest absolute Gasteiger partial charge is 0.238 e. The van der Waals surface area contributed by atoms with E-state index in [1.807, 2.05) is 24.3 Å². The quantitative estimate of drug-likeness (QED) is 0.651. The fraction of sp³-hybridized carbons (Fsp3) is 0.100. The van der Waals surface area contributed by atoms with Crippen LogP contribution in [0.15, 0.2) is 77.4 Å². The zero-order valence-electron chi connectivity index (χ0n) is 13.6. The fourth-order valence-electron chi connectivity index (χ4n) is 2.44. The molecule has 126 valence electrons. The highest BCUT2D eigenvalue weighted by atomic mass is 16.3. The molecule has 0 radical (unpaired) electrons. The maximum absolute atomic E-state index is 12.6. The van der Waals surface area contributed by atoms with Gasteiger partial charge in [0.05, 0.1) is 25.0 Å². The van der Waals surface area contributed by atoms with Gasteiger partial charge in [0, 0.05) is 11.1 Å². The number of ketones is 1. The standard InChI is InChI=1S/C20H18N2O3/c23-19(14-21-13-16-9-6-12-25-16)22-18-11-5-4-10-17(18)20(24)15-7-2-1-3-8-15/h1-12,21H,13-14H2,(H,22,23). The normalized spacial score (nSPS) is 10.4. The third kappa shape index (κ3) is 4.43. The first-order valence-corrected chi connectivity index (χ1v) is 7.96. The van der Waals surface area contributed by atoms with E-state index in [2.05, 4.69) is 10.6 Å². The molecule has 5 nitrogen and oxygen atoms in total. The van der Waals surface area contributed by atoms with Gasteiger partial charge in [0.25, 0.3) is 0 Å². The Labute approximate surface area is 145 Å². The van der Waals surface area contributed by atoms with Crippen LogP contribution in [0.1, 0.15) is 21.7 Å². The summed E-state index contributed by atoms with van der Waals surface area (Å²) < 4.78 is 5.19. The summed E-state index contributed by atoms with van der Waals surface area (Å²) in [5, 5.41) is 5.79. The maximum atomic E-state index is 12.6. The summed E-state index contributed by atoms with van der Waals surface area (Å²) in [6.45, 7) is 0.583. The molecule has 25 heavy (non-hydrogen) atoms. The van der Waals surface area contributed by atoms with Crippen molar-refractivity contribution < 1.29 is 14.0 Å². The Kier molecular flexibility index (Phi) is 5.39. The number of carbonyl (C=O) groups excluding carboxylic acids is 2.